The number of amides is 1. The third kappa shape index (κ3) is 3.49. The molecular formula is C24H25N5O. The maximum atomic E-state index is 13.1. The van der Waals surface area contributed by atoms with Crippen molar-refractivity contribution in [1.29, 1.82) is 0 Å². The zero-order valence-electron chi connectivity index (χ0n) is 17.1. The first kappa shape index (κ1) is 18.6. The van der Waals surface area contributed by atoms with Crippen LogP contribution in [0.4, 0.5) is 0 Å². The number of rotatable bonds is 4. The minimum Gasteiger partial charge on any atom is -0.361 e. The number of piperidine rings is 1. The van der Waals surface area contributed by atoms with Crippen LogP contribution in [0.5, 0.6) is 0 Å². The number of carbonyl (C=O) groups is 1. The summed E-state index contributed by atoms with van der Waals surface area (Å²) >= 11 is 0. The molecule has 1 aliphatic heterocycles. The van der Waals surface area contributed by atoms with E-state index in [4.69, 9.17) is 4.98 Å². The summed E-state index contributed by atoms with van der Waals surface area (Å²) in [6.45, 7) is 3.51. The highest BCUT2D eigenvalue weighted by Gasteiger charge is 2.26. The Kier molecular flexibility index (Phi) is 4.83. The number of hydrogen-bond acceptors (Lipinski definition) is 3. The molecule has 152 valence electrons. The van der Waals surface area contributed by atoms with Gasteiger partial charge in [0.15, 0.2) is 0 Å². The molecule has 1 saturated heterocycles. The summed E-state index contributed by atoms with van der Waals surface area (Å²) in [6.07, 6.45) is 8.16. The normalized spacial score (nSPS) is 16.8. The third-order valence-electron chi connectivity index (χ3n) is 6.04. The molecule has 0 saturated carbocycles. The number of hydrogen-bond donors (Lipinski definition) is 1. The molecule has 1 aromatic carbocycles. The average molecular weight is 399 g/mol. The number of para-hydroxylation sites is 1. The highest BCUT2D eigenvalue weighted by Crippen LogP contribution is 2.27. The maximum absolute atomic E-state index is 13.1. The van der Waals surface area contributed by atoms with Crippen LogP contribution < -0.4 is 0 Å². The van der Waals surface area contributed by atoms with Crippen molar-refractivity contribution in [3.8, 4) is 5.82 Å². The molecule has 1 fully saturated rings. The first-order chi connectivity index (χ1) is 14.7. The number of pyridine rings is 1. The Balaban J connectivity index is 1.32. The molecule has 0 aliphatic carbocycles. The molecule has 0 spiro atoms. The number of fused-ring (bicyclic) bond motifs is 1. The van der Waals surface area contributed by atoms with Gasteiger partial charge in [-0.05, 0) is 43.5 Å². The number of aromatic amines is 1. The van der Waals surface area contributed by atoms with Crippen molar-refractivity contribution in [2.45, 2.75) is 32.1 Å². The molecular weight excluding hydrogens is 374 g/mol. The van der Waals surface area contributed by atoms with E-state index >= 15 is 0 Å². The van der Waals surface area contributed by atoms with Gasteiger partial charge in [-0.1, -0.05) is 24.3 Å². The number of nitrogens with zero attached hydrogens (tertiary/aromatic N) is 4. The quantitative estimate of drug-likeness (QED) is 0.564. The second-order valence-corrected chi connectivity index (χ2v) is 7.98. The summed E-state index contributed by atoms with van der Waals surface area (Å²) < 4.78 is 1.99. The minimum absolute atomic E-state index is 0.186. The van der Waals surface area contributed by atoms with Gasteiger partial charge in [0.2, 0.25) is 5.91 Å². The molecule has 4 aromatic rings. The van der Waals surface area contributed by atoms with Gasteiger partial charge in [0.1, 0.15) is 11.6 Å². The van der Waals surface area contributed by atoms with E-state index < -0.39 is 0 Å². The van der Waals surface area contributed by atoms with E-state index in [1.165, 1.54) is 0 Å². The predicted octanol–water partition coefficient (Wildman–Crippen LogP) is 4.01. The molecule has 1 aliphatic rings. The molecule has 0 unspecified atom stereocenters. The Morgan fingerprint density at radius 3 is 2.97 bits per heavy atom. The number of benzene rings is 1. The van der Waals surface area contributed by atoms with E-state index in [1.807, 2.05) is 59.1 Å². The Bertz CT molecular complexity index is 1190. The molecule has 30 heavy (non-hydrogen) atoms. The molecule has 4 heterocycles. The number of carbonyl (C=O) groups excluding carboxylic acids is 1. The van der Waals surface area contributed by atoms with Gasteiger partial charge >= 0.3 is 0 Å². The first-order valence-electron chi connectivity index (χ1n) is 10.5. The largest absolute Gasteiger partial charge is 0.361 e. The van der Waals surface area contributed by atoms with Crippen LogP contribution in [-0.2, 0) is 11.2 Å². The topological polar surface area (TPSA) is 66.8 Å². The van der Waals surface area contributed by atoms with E-state index in [-0.39, 0.29) is 11.8 Å². The van der Waals surface area contributed by atoms with Crippen LogP contribution >= 0.6 is 0 Å². The zero-order chi connectivity index (χ0) is 20.5. The zero-order valence-corrected chi connectivity index (χ0v) is 17.1. The summed E-state index contributed by atoms with van der Waals surface area (Å²) in [6, 6.07) is 14.3. The van der Waals surface area contributed by atoms with Gasteiger partial charge in [-0.15, -0.1) is 0 Å². The van der Waals surface area contributed by atoms with Crippen molar-refractivity contribution in [3.05, 3.63) is 78.1 Å². The summed E-state index contributed by atoms with van der Waals surface area (Å²) in [4.78, 5) is 27.5. The lowest BCUT2D eigenvalue weighted by molar-refractivity contribution is -0.131. The molecule has 0 radical (unpaired) electrons. The van der Waals surface area contributed by atoms with Crippen molar-refractivity contribution in [3.63, 3.8) is 0 Å². The maximum Gasteiger partial charge on any atom is 0.227 e. The predicted molar refractivity (Wildman–Crippen MR) is 117 cm³/mol. The number of aromatic nitrogens is 4. The average Bonchev–Trinajstić information content (AvgIpc) is 3.40. The monoisotopic (exact) mass is 399 g/mol. The second kappa shape index (κ2) is 7.78. The summed E-state index contributed by atoms with van der Waals surface area (Å²) in [5.41, 5.74) is 3.19. The third-order valence-corrected chi connectivity index (χ3v) is 6.04. The van der Waals surface area contributed by atoms with Crippen LogP contribution in [0, 0.1) is 6.92 Å². The lowest BCUT2D eigenvalue weighted by atomic mass is 9.93. The van der Waals surface area contributed by atoms with Gasteiger partial charge in [0.05, 0.1) is 6.42 Å². The van der Waals surface area contributed by atoms with E-state index in [0.717, 1.165) is 59.7 Å². The van der Waals surface area contributed by atoms with Crippen molar-refractivity contribution >= 4 is 16.8 Å². The summed E-state index contributed by atoms with van der Waals surface area (Å²) in [5, 5.41) is 1.13. The van der Waals surface area contributed by atoms with Crippen molar-refractivity contribution in [2.75, 3.05) is 13.1 Å². The molecule has 5 rings (SSSR count). The number of nitrogens with one attached hydrogen (secondary N) is 1. The van der Waals surface area contributed by atoms with Gasteiger partial charge in [-0.2, -0.15) is 0 Å². The minimum atomic E-state index is 0.186. The Morgan fingerprint density at radius 1 is 1.20 bits per heavy atom. The fraction of sp³-hybridized carbons (Fsp3) is 0.292. The molecule has 1 amide bonds. The number of imidazole rings is 1. The Morgan fingerprint density at radius 2 is 2.10 bits per heavy atom. The molecule has 6 heteroatoms. The summed E-state index contributed by atoms with van der Waals surface area (Å²) in [5.74, 6) is 2.24. The van der Waals surface area contributed by atoms with Crippen LogP contribution in [0.15, 0.2) is 61.1 Å². The smallest absolute Gasteiger partial charge is 0.227 e. The number of likely N-dealkylation sites (tertiary alicyclic amines) is 1. The van der Waals surface area contributed by atoms with Crippen LogP contribution in [0.3, 0.4) is 0 Å². The van der Waals surface area contributed by atoms with Crippen LogP contribution in [-0.4, -0.2) is 43.4 Å². The lowest BCUT2D eigenvalue weighted by Gasteiger charge is -2.32. The SMILES string of the molecule is Cc1nccn1-c1cccc([C@@H]2CCCN(C(=O)Cc3c[nH]c4ccccc34)C2)n1. The van der Waals surface area contributed by atoms with Gasteiger partial charge in [-0.25, -0.2) is 9.97 Å². The fourth-order valence-electron chi connectivity index (χ4n) is 4.42. The Hall–Kier alpha value is -3.41. The van der Waals surface area contributed by atoms with E-state index in [2.05, 4.69) is 22.1 Å². The van der Waals surface area contributed by atoms with E-state index in [1.54, 1.807) is 6.20 Å². The van der Waals surface area contributed by atoms with Gasteiger partial charge in [0, 0.05) is 54.2 Å². The molecule has 1 atom stereocenters. The standard InChI is InChI=1S/C24H25N5O/c1-17-25-11-13-29(17)23-10-4-9-21(27-23)18-6-5-12-28(16-18)24(30)14-19-15-26-22-8-3-2-7-20(19)22/h2-4,7-11,13,15,18,26H,5-6,12,14,16H2,1H3/t18-/m1/s1. The molecule has 0 bridgehead atoms. The molecule has 1 N–H and O–H groups in total. The van der Waals surface area contributed by atoms with Crippen molar-refractivity contribution < 1.29 is 4.79 Å². The Labute approximate surface area is 175 Å². The van der Waals surface area contributed by atoms with Gasteiger partial charge < -0.3 is 9.88 Å². The number of H-pyrrole nitrogens is 1. The van der Waals surface area contributed by atoms with Gasteiger partial charge in [-0.3, -0.25) is 9.36 Å². The van der Waals surface area contributed by atoms with Crippen LogP contribution in [0.1, 0.15) is 35.8 Å². The highest BCUT2D eigenvalue weighted by molar-refractivity contribution is 5.88. The number of aryl methyl sites for hydroxylation is 1. The first-order valence-corrected chi connectivity index (χ1v) is 10.5. The van der Waals surface area contributed by atoms with E-state index in [9.17, 15) is 4.79 Å². The van der Waals surface area contributed by atoms with Crippen LogP contribution in [0.2, 0.25) is 0 Å². The van der Waals surface area contributed by atoms with Crippen LogP contribution in [0.25, 0.3) is 16.7 Å². The second-order valence-electron chi connectivity index (χ2n) is 7.98. The summed E-state index contributed by atoms with van der Waals surface area (Å²) in [7, 11) is 0. The molecule has 3 aromatic heterocycles. The fourth-order valence-corrected chi connectivity index (χ4v) is 4.42. The lowest BCUT2D eigenvalue weighted by Crippen LogP contribution is -2.40. The van der Waals surface area contributed by atoms with E-state index in [0.29, 0.717) is 6.42 Å². The van der Waals surface area contributed by atoms with Crippen molar-refractivity contribution in [1.82, 2.24) is 24.4 Å². The van der Waals surface area contributed by atoms with Gasteiger partial charge in [0.25, 0.3) is 0 Å². The van der Waals surface area contributed by atoms with Crippen molar-refractivity contribution in [2.24, 2.45) is 0 Å². The molecule has 6 nitrogen and oxygen atoms in total. The highest BCUT2D eigenvalue weighted by atomic mass is 16.2.